The van der Waals surface area contributed by atoms with Crippen molar-refractivity contribution in [3.8, 4) is 0 Å². The zero-order chi connectivity index (χ0) is 19.4. The molecule has 0 aromatic heterocycles. The Hall–Kier alpha value is -1.43. The van der Waals surface area contributed by atoms with Gasteiger partial charge in [0.2, 0.25) is 5.91 Å². The van der Waals surface area contributed by atoms with Crippen LogP contribution in [0.1, 0.15) is 82.4 Å². The third-order valence-corrected chi connectivity index (χ3v) is 4.65. The Kier molecular flexibility index (Phi) is 11.2. The maximum atomic E-state index is 11.7. The number of hydrogen-bond acceptors (Lipinski definition) is 4. The van der Waals surface area contributed by atoms with Crippen LogP contribution in [-0.4, -0.2) is 33.6 Å². The molecule has 0 bridgehead atoms. The van der Waals surface area contributed by atoms with Gasteiger partial charge in [-0.1, -0.05) is 63.3 Å². The second-order valence-electron chi connectivity index (χ2n) is 7.08. The van der Waals surface area contributed by atoms with Crippen molar-refractivity contribution in [3.05, 3.63) is 35.4 Å². The Bertz CT molecular complexity index is 501. The van der Waals surface area contributed by atoms with Crippen LogP contribution in [-0.2, 0) is 11.2 Å². The maximum Gasteiger partial charge on any atom is 0.220 e. The predicted molar refractivity (Wildman–Crippen MR) is 104 cm³/mol. The van der Waals surface area contributed by atoms with E-state index in [1.165, 1.54) is 25.7 Å². The molecule has 0 heterocycles. The van der Waals surface area contributed by atoms with Crippen molar-refractivity contribution in [3.63, 3.8) is 0 Å². The Labute approximate surface area is 157 Å². The molecule has 148 valence electrons. The molecule has 1 amide bonds. The van der Waals surface area contributed by atoms with Gasteiger partial charge in [-0.25, -0.2) is 0 Å². The zero-order valence-corrected chi connectivity index (χ0v) is 16.2. The first-order valence-electron chi connectivity index (χ1n) is 9.86. The summed E-state index contributed by atoms with van der Waals surface area (Å²) in [6.45, 7) is 3.75. The summed E-state index contributed by atoms with van der Waals surface area (Å²) in [5, 5.41) is 30.7. The van der Waals surface area contributed by atoms with Crippen molar-refractivity contribution in [2.24, 2.45) is 0 Å². The number of carbonyl (C=O) groups excluding carboxylic acids is 1. The van der Waals surface area contributed by atoms with Crippen molar-refractivity contribution in [1.82, 2.24) is 5.32 Å². The fourth-order valence-corrected chi connectivity index (χ4v) is 2.87. The number of rotatable bonds is 13. The maximum absolute atomic E-state index is 11.7. The average Bonchev–Trinajstić information content (AvgIpc) is 2.61. The normalized spacial score (nSPS) is 13.6. The molecule has 0 aliphatic carbocycles. The Morgan fingerprint density at radius 1 is 1.00 bits per heavy atom. The van der Waals surface area contributed by atoms with Crippen molar-refractivity contribution in [1.29, 1.82) is 0 Å². The van der Waals surface area contributed by atoms with Gasteiger partial charge >= 0.3 is 0 Å². The second-order valence-corrected chi connectivity index (χ2v) is 7.08. The molecule has 2 atom stereocenters. The summed E-state index contributed by atoms with van der Waals surface area (Å²) in [6, 6.07) is 7.29. The number of amides is 1. The number of carbonyl (C=O) groups is 1. The van der Waals surface area contributed by atoms with Crippen molar-refractivity contribution < 1.29 is 20.1 Å². The van der Waals surface area contributed by atoms with Crippen LogP contribution < -0.4 is 5.32 Å². The van der Waals surface area contributed by atoms with Crippen molar-refractivity contribution in [2.45, 2.75) is 90.1 Å². The van der Waals surface area contributed by atoms with E-state index in [1.807, 2.05) is 24.3 Å². The molecule has 0 radical (unpaired) electrons. The topological polar surface area (TPSA) is 89.8 Å². The highest BCUT2D eigenvalue weighted by Gasteiger charge is 2.13. The van der Waals surface area contributed by atoms with Gasteiger partial charge in [-0.3, -0.25) is 4.79 Å². The summed E-state index contributed by atoms with van der Waals surface area (Å²) in [5.41, 5.74) is 2.08. The van der Waals surface area contributed by atoms with E-state index in [1.54, 1.807) is 6.92 Å². The zero-order valence-electron chi connectivity index (χ0n) is 16.2. The molecule has 26 heavy (non-hydrogen) atoms. The van der Waals surface area contributed by atoms with Crippen LogP contribution >= 0.6 is 0 Å². The summed E-state index contributed by atoms with van der Waals surface area (Å²) < 4.78 is 0. The summed E-state index contributed by atoms with van der Waals surface area (Å²) in [4.78, 5) is 11.7. The molecule has 0 saturated carbocycles. The van der Waals surface area contributed by atoms with Crippen molar-refractivity contribution >= 4 is 5.91 Å². The highest BCUT2D eigenvalue weighted by Crippen LogP contribution is 2.21. The van der Waals surface area contributed by atoms with E-state index in [9.17, 15) is 9.90 Å². The monoisotopic (exact) mass is 365 g/mol. The first kappa shape index (κ1) is 22.6. The lowest BCUT2D eigenvalue weighted by Gasteiger charge is -2.15. The van der Waals surface area contributed by atoms with Crippen LogP contribution in [0.4, 0.5) is 0 Å². The lowest BCUT2D eigenvalue weighted by molar-refractivity contribution is -0.126. The fraction of sp³-hybridized carbons (Fsp3) is 0.667. The highest BCUT2D eigenvalue weighted by atomic mass is 16.5. The molecule has 2 unspecified atom stereocenters. The number of hydrogen-bond donors (Lipinski definition) is 4. The van der Waals surface area contributed by atoms with Crippen molar-refractivity contribution in [2.75, 3.05) is 0 Å². The van der Waals surface area contributed by atoms with Gasteiger partial charge in [0.1, 0.15) is 0 Å². The third-order valence-electron chi connectivity index (χ3n) is 4.65. The minimum absolute atomic E-state index is 0.180. The van der Waals surface area contributed by atoms with Crippen LogP contribution in [0.15, 0.2) is 24.3 Å². The van der Waals surface area contributed by atoms with E-state index in [0.717, 1.165) is 30.4 Å². The molecule has 1 rings (SSSR count). The van der Waals surface area contributed by atoms with Crippen LogP contribution in [0.5, 0.6) is 0 Å². The summed E-state index contributed by atoms with van der Waals surface area (Å²) in [5.74, 6) is -0.180. The Balaban J connectivity index is 2.28. The van der Waals surface area contributed by atoms with Gasteiger partial charge in [0.05, 0.1) is 12.1 Å². The Morgan fingerprint density at radius 2 is 1.65 bits per heavy atom. The van der Waals surface area contributed by atoms with Gasteiger partial charge in [-0.15, -0.1) is 0 Å². The van der Waals surface area contributed by atoms with E-state index >= 15 is 0 Å². The number of benzene rings is 1. The molecular weight excluding hydrogens is 330 g/mol. The standard InChI is InChI=1S/C21H35NO4/c1-3-4-5-6-7-10-19(23)18-14-12-17(13-15-18)9-8-11-20(24)22-16(2)21(25)26/h12-16,19,21,23,25-26H,3-11H2,1-2H3,(H,22,24). The average molecular weight is 366 g/mol. The quantitative estimate of drug-likeness (QED) is 0.319. The summed E-state index contributed by atoms with van der Waals surface area (Å²) >= 11 is 0. The lowest BCUT2D eigenvalue weighted by Crippen LogP contribution is -2.40. The molecule has 0 aliphatic heterocycles. The highest BCUT2D eigenvalue weighted by molar-refractivity contribution is 5.76. The van der Waals surface area contributed by atoms with Crippen LogP contribution in [0, 0.1) is 0 Å². The van der Waals surface area contributed by atoms with Crippen LogP contribution in [0.25, 0.3) is 0 Å². The van der Waals surface area contributed by atoms with E-state index in [2.05, 4.69) is 12.2 Å². The molecule has 4 N–H and O–H groups in total. The largest absolute Gasteiger partial charge is 0.388 e. The van der Waals surface area contributed by atoms with Crippen LogP contribution in [0.3, 0.4) is 0 Å². The minimum atomic E-state index is -1.54. The van der Waals surface area contributed by atoms with E-state index in [4.69, 9.17) is 10.2 Å². The first-order valence-corrected chi connectivity index (χ1v) is 9.86. The smallest absolute Gasteiger partial charge is 0.220 e. The predicted octanol–water partition coefficient (Wildman–Crippen LogP) is 3.22. The summed E-state index contributed by atoms with van der Waals surface area (Å²) in [6.07, 6.45) is 6.65. The molecule has 5 nitrogen and oxygen atoms in total. The van der Waals surface area contributed by atoms with E-state index in [0.29, 0.717) is 12.8 Å². The van der Waals surface area contributed by atoms with Gasteiger partial charge in [-0.05, 0) is 37.3 Å². The molecular formula is C21H35NO4. The lowest BCUT2D eigenvalue weighted by atomic mass is 9.99. The Morgan fingerprint density at radius 3 is 2.27 bits per heavy atom. The number of aliphatic hydroxyl groups is 3. The molecule has 0 saturated heterocycles. The molecule has 0 aliphatic rings. The van der Waals surface area contributed by atoms with Gasteiger partial charge in [0.15, 0.2) is 6.29 Å². The minimum Gasteiger partial charge on any atom is -0.388 e. The molecule has 1 aromatic carbocycles. The van der Waals surface area contributed by atoms with E-state index < -0.39 is 18.4 Å². The van der Waals surface area contributed by atoms with E-state index in [-0.39, 0.29) is 5.91 Å². The number of aliphatic hydroxyl groups excluding tert-OH is 2. The SMILES string of the molecule is CCCCCCCC(O)c1ccc(CCCC(=O)NC(C)C(O)O)cc1. The molecule has 1 aromatic rings. The van der Waals surface area contributed by atoms with Gasteiger partial charge in [-0.2, -0.15) is 0 Å². The molecule has 0 spiro atoms. The van der Waals surface area contributed by atoms with Gasteiger partial charge in [0, 0.05) is 6.42 Å². The number of nitrogens with one attached hydrogen (secondary N) is 1. The molecule has 0 fully saturated rings. The first-order chi connectivity index (χ1) is 12.4. The molecule has 5 heteroatoms. The van der Waals surface area contributed by atoms with Gasteiger partial charge in [0.25, 0.3) is 0 Å². The number of aryl methyl sites for hydroxylation is 1. The third kappa shape index (κ3) is 9.32. The summed E-state index contributed by atoms with van der Waals surface area (Å²) in [7, 11) is 0. The van der Waals surface area contributed by atoms with Gasteiger partial charge < -0.3 is 20.6 Å². The number of unbranched alkanes of at least 4 members (excludes halogenated alkanes) is 4. The second kappa shape index (κ2) is 12.8. The van der Waals surface area contributed by atoms with Crippen LogP contribution in [0.2, 0.25) is 0 Å². The fourth-order valence-electron chi connectivity index (χ4n) is 2.87.